The maximum absolute atomic E-state index is 12.7. The highest BCUT2D eigenvalue weighted by atomic mass is 79.9. The molecule has 0 bridgehead atoms. The molecule has 0 aliphatic carbocycles. The Bertz CT molecular complexity index is 1100. The number of benzene rings is 2. The Labute approximate surface area is 195 Å². The average molecular weight is 535 g/mol. The van der Waals surface area contributed by atoms with Crippen LogP contribution in [-0.4, -0.2) is 28.9 Å². The first kappa shape index (κ1) is 23.3. The lowest BCUT2D eigenvalue weighted by atomic mass is 10.2. The van der Waals surface area contributed by atoms with Gasteiger partial charge in [0, 0.05) is 21.8 Å². The molecule has 3 rings (SSSR count). The number of ether oxygens (including phenoxy) is 2. The Morgan fingerprint density at radius 1 is 1.23 bits per heavy atom. The summed E-state index contributed by atoms with van der Waals surface area (Å²) in [5.41, 5.74) is 0.988. The fraction of sp³-hybridized carbons (Fsp3) is 0.200. The number of rotatable bonds is 8. The Hall–Kier alpha value is -2.36. The van der Waals surface area contributed by atoms with Gasteiger partial charge in [-0.1, -0.05) is 29.3 Å². The topological polar surface area (TPSA) is 65.4 Å². The molecule has 0 fully saturated rings. The van der Waals surface area contributed by atoms with Crippen molar-refractivity contribution in [2.24, 2.45) is 0 Å². The summed E-state index contributed by atoms with van der Waals surface area (Å²) in [6, 6.07) is 9.08. The number of amides is 1. The zero-order chi connectivity index (χ0) is 22.5. The van der Waals surface area contributed by atoms with Gasteiger partial charge in [0.05, 0.1) is 17.6 Å². The van der Waals surface area contributed by atoms with E-state index in [1.165, 1.54) is 18.2 Å². The van der Waals surface area contributed by atoms with E-state index in [0.717, 1.165) is 5.56 Å². The zero-order valence-electron chi connectivity index (χ0n) is 16.0. The highest BCUT2D eigenvalue weighted by molar-refractivity contribution is 9.10. The van der Waals surface area contributed by atoms with Crippen molar-refractivity contribution in [1.29, 1.82) is 0 Å². The summed E-state index contributed by atoms with van der Waals surface area (Å²) >= 11 is 15.5. The molecule has 1 heterocycles. The van der Waals surface area contributed by atoms with Crippen LogP contribution in [0.25, 0.3) is 0 Å². The van der Waals surface area contributed by atoms with Crippen molar-refractivity contribution in [3.8, 4) is 11.5 Å². The van der Waals surface area contributed by atoms with Crippen LogP contribution in [0.1, 0.15) is 22.8 Å². The summed E-state index contributed by atoms with van der Waals surface area (Å²) in [6.45, 7) is -0.741. The number of halogens is 5. The van der Waals surface area contributed by atoms with Crippen molar-refractivity contribution in [3.63, 3.8) is 0 Å². The molecular weight excluding hydrogens is 519 g/mol. The van der Waals surface area contributed by atoms with E-state index in [-0.39, 0.29) is 29.5 Å². The second-order valence-corrected chi connectivity index (χ2v) is 7.88. The smallest absolute Gasteiger partial charge is 0.387 e. The molecule has 3 aromatic rings. The van der Waals surface area contributed by atoms with Crippen molar-refractivity contribution in [2.45, 2.75) is 20.1 Å². The molecule has 0 unspecified atom stereocenters. The monoisotopic (exact) mass is 533 g/mol. The number of hydrogen-bond donors (Lipinski definition) is 1. The Kier molecular flexibility index (Phi) is 7.74. The van der Waals surface area contributed by atoms with Crippen LogP contribution in [-0.2, 0) is 6.54 Å². The van der Waals surface area contributed by atoms with Crippen LogP contribution < -0.4 is 14.8 Å². The van der Waals surface area contributed by atoms with E-state index in [1.54, 1.807) is 36.0 Å². The Morgan fingerprint density at radius 3 is 2.68 bits per heavy atom. The van der Waals surface area contributed by atoms with Crippen LogP contribution in [0.5, 0.6) is 11.5 Å². The maximum atomic E-state index is 12.7. The molecule has 1 amide bonds. The number of anilines is 1. The van der Waals surface area contributed by atoms with Gasteiger partial charge in [-0.25, -0.2) is 0 Å². The fourth-order valence-corrected chi connectivity index (χ4v) is 3.56. The molecule has 0 atom stereocenters. The summed E-state index contributed by atoms with van der Waals surface area (Å²) in [7, 11) is 0. The minimum Gasteiger partial charge on any atom is -0.490 e. The molecule has 0 aliphatic heterocycles. The van der Waals surface area contributed by atoms with Gasteiger partial charge in [0.1, 0.15) is 0 Å². The van der Waals surface area contributed by atoms with Gasteiger partial charge in [0.2, 0.25) is 0 Å². The van der Waals surface area contributed by atoms with E-state index in [2.05, 4.69) is 31.1 Å². The minimum atomic E-state index is -3.01. The van der Waals surface area contributed by atoms with E-state index in [9.17, 15) is 13.6 Å². The van der Waals surface area contributed by atoms with Crippen LogP contribution in [0.15, 0.2) is 47.1 Å². The highest BCUT2D eigenvalue weighted by Gasteiger charge is 2.17. The summed E-state index contributed by atoms with van der Waals surface area (Å²) in [4.78, 5) is 12.7. The average Bonchev–Trinajstić information content (AvgIpc) is 3.04. The van der Waals surface area contributed by atoms with Gasteiger partial charge in [-0.2, -0.15) is 13.9 Å². The molecule has 164 valence electrons. The predicted octanol–water partition coefficient (Wildman–Crippen LogP) is 6.25. The quantitative estimate of drug-likeness (QED) is 0.371. The van der Waals surface area contributed by atoms with Gasteiger partial charge >= 0.3 is 6.61 Å². The molecule has 1 N–H and O–H groups in total. The summed E-state index contributed by atoms with van der Waals surface area (Å²) in [5.74, 6) is -0.336. The third-order valence-electron chi connectivity index (χ3n) is 4.02. The number of nitrogens with zero attached hydrogens (tertiary/aromatic N) is 2. The van der Waals surface area contributed by atoms with Crippen LogP contribution in [0.2, 0.25) is 10.0 Å². The normalized spacial score (nSPS) is 10.9. The van der Waals surface area contributed by atoms with E-state index in [4.69, 9.17) is 27.9 Å². The van der Waals surface area contributed by atoms with Crippen molar-refractivity contribution >= 4 is 50.9 Å². The highest BCUT2D eigenvalue weighted by Crippen LogP contribution is 2.31. The third kappa shape index (κ3) is 6.09. The molecule has 2 aromatic carbocycles. The number of alkyl halides is 2. The molecule has 0 saturated heterocycles. The van der Waals surface area contributed by atoms with Gasteiger partial charge in [-0.05, 0) is 58.7 Å². The standard InChI is InChI=1S/C20H16BrCl2F2N3O3/c1-2-30-17-7-11(4-6-16(17)31-20(24)25)19(29)26-18-14(21)10-28(27-18)9-12-3-5-13(22)8-15(12)23/h3-8,10,20H,2,9H2,1H3,(H,26,27,29). The molecule has 6 nitrogen and oxygen atoms in total. The molecule has 0 radical (unpaired) electrons. The van der Waals surface area contributed by atoms with Crippen LogP contribution in [0.4, 0.5) is 14.6 Å². The third-order valence-corrected chi connectivity index (χ3v) is 5.19. The number of carbonyl (C=O) groups is 1. The van der Waals surface area contributed by atoms with Gasteiger partial charge < -0.3 is 14.8 Å². The first-order valence-electron chi connectivity index (χ1n) is 8.96. The lowest BCUT2D eigenvalue weighted by Gasteiger charge is -2.12. The van der Waals surface area contributed by atoms with E-state index < -0.39 is 12.5 Å². The SMILES string of the molecule is CCOc1cc(C(=O)Nc2nn(Cc3ccc(Cl)cc3Cl)cc2Br)ccc1OC(F)F. The molecule has 0 spiro atoms. The molecule has 31 heavy (non-hydrogen) atoms. The first-order chi connectivity index (χ1) is 14.8. The Balaban J connectivity index is 1.76. The van der Waals surface area contributed by atoms with Crippen LogP contribution >= 0.6 is 39.1 Å². The van der Waals surface area contributed by atoms with E-state index >= 15 is 0 Å². The van der Waals surface area contributed by atoms with Crippen LogP contribution in [0.3, 0.4) is 0 Å². The van der Waals surface area contributed by atoms with Crippen molar-refractivity contribution in [1.82, 2.24) is 9.78 Å². The molecule has 1 aromatic heterocycles. The van der Waals surface area contributed by atoms with Gasteiger partial charge in [0.15, 0.2) is 17.3 Å². The number of hydrogen-bond acceptors (Lipinski definition) is 4. The van der Waals surface area contributed by atoms with Gasteiger partial charge in [-0.15, -0.1) is 0 Å². The van der Waals surface area contributed by atoms with Crippen LogP contribution in [0, 0.1) is 0 Å². The summed E-state index contributed by atoms with van der Waals surface area (Å²) in [5, 5.41) is 8.04. The lowest BCUT2D eigenvalue weighted by molar-refractivity contribution is -0.0514. The van der Waals surface area contributed by atoms with Crippen molar-refractivity contribution < 1.29 is 23.0 Å². The zero-order valence-corrected chi connectivity index (χ0v) is 19.1. The van der Waals surface area contributed by atoms with Crippen molar-refractivity contribution in [2.75, 3.05) is 11.9 Å². The maximum Gasteiger partial charge on any atom is 0.387 e. The summed E-state index contributed by atoms with van der Waals surface area (Å²) < 4.78 is 37.0. The second kappa shape index (κ2) is 10.3. The summed E-state index contributed by atoms with van der Waals surface area (Å²) in [6.07, 6.45) is 1.69. The van der Waals surface area contributed by atoms with E-state index in [1.807, 2.05) is 0 Å². The second-order valence-electron chi connectivity index (χ2n) is 6.19. The van der Waals surface area contributed by atoms with Gasteiger partial charge in [0.25, 0.3) is 5.91 Å². The molecule has 0 saturated carbocycles. The minimum absolute atomic E-state index is 0.0393. The Morgan fingerprint density at radius 2 is 2.00 bits per heavy atom. The number of aromatic nitrogens is 2. The number of nitrogens with one attached hydrogen (secondary N) is 1. The fourth-order valence-electron chi connectivity index (χ4n) is 2.68. The van der Waals surface area contributed by atoms with Crippen molar-refractivity contribution in [3.05, 3.63) is 68.2 Å². The lowest BCUT2D eigenvalue weighted by Crippen LogP contribution is -2.14. The first-order valence-corrected chi connectivity index (χ1v) is 10.5. The molecular formula is C20H16BrCl2F2N3O3. The van der Waals surface area contributed by atoms with Gasteiger partial charge in [-0.3, -0.25) is 9.48 Å². The largest absolute Gasteiger partial charge is 0.490 e. The molecule has 0 aliphatic rings. The predicted molar refractivity (Wildman–Crippen MR) is 118 cm³/mol. The number of carbonyl (C=O) groups excluding carboxylic acids is 1. The molecule has 11 heteroatoms. The van der Waals surface area contributed by atoms with E-state index in [0.29, 0.717) is 21.1 Å².